The number of hydrogen-bond donors (Lipinski definition) is 0. The van der Waals surface area contributed by atoms with E-state index < -0.39 is 29.8 Å². The van der Waals surface area contributed by atoms with E-state index in [1.165, 1.54) is 6.07 Å². The smallest absolute Gasteiger partial charge is 0.343 e. The van der Waals surface area contributed by atoms with Gasteiger partial charge in [-0.15, -0.1) is 0 Å². The molecule has 14 heteroatoms. The van der Waals surface area contributed by atoms with Crippen LogP contribution < -0.4 is 28.4 Å². The van der Waals surface area contributed by atoms with Crippen LogP contribution in [0.15, 0.2) is 110 Å². The fraction of sp³-hybridized carbons (Fsp3) is 0.333. The molecule has 65 heavy (non-hydrogen) atoms. The summed E-state index contributed by atoms with van der Waals surface area (Å²) in [4.78, 5) is 72.1. The average Bonchev–Trinajstić information content (AvgIpc) is 3.30. The number of aryl methyl sites for hydroxylation is 2. The van der Waals surface area contributed by atoms with E-state index >= 15 is 0 Å². The van der Waals surface area contributed by atoms with Crippen molar-refractivity contribution in [2.75, 3.05) is 26.4 Å². The van der Waals surface area contributed by atoms with Crippen molar-refractivity contribution in [3.63, 3.8) is 0 Å². The highest BCUT2D eigenvalue weighted by molar-refractivity contribution is 5.92. The molecule has 14 nitrogen and oxygen atoms in total. The number of benzene rings is 4. The van der Waals surface area contributed by atoms with Crippen LogP contribution in [0.3, 0.4) is 0 Å². The maximum absolute atomic E-state index is 12.8. The lowest BCUT2D eigenvalue weighted by atomic mass is 10.1. The molecule has 0 aliphatic heterocycles. The normalized spacial score (nSPS) is 10.5. The Balaban J connectivity index is 1.04. The van der Waals surface area contributed by atoms with Gasteiger partial charge in [0.25, 0.3) is 0 Å². The SMILES string of the molecule is C=CC(=O)OCCCCCC(=O)Oc1ccc(OC(=O)c2ccc(OCCCCCCCOc3ccc(C(=O)Oc4ccc(OC(=O)CCCOC(=O)C=C)cc4C)cc3)cc2)c(C)c1. The van der Waals surface area contributed by atoms with Gasteiger partial charge in [0, 0.05) is 25.0 Å². The predicted octanol–water partition coefficient (Wildman–Crippen LogP) is 9.76. The summed E-state index contributed by atoms with van der Waals surface area (Å²) < 4.78 is 43.4. The summed E-state index contributed by atoms with van der Waals surface area (Å²) >= 11 is 0. The zero-order valence-electron chi connectivity index (χ0n) is 37.0. The molecule has 0 spiro atoms. The van der Waals surface area contributed by atoms with Crippen LogP contribution in [0.4, 0.5) is 0 Å². The van der Waals surface area contributed by atoms with Crippen LogP contribution in [0, 0.1) is 13.8 Å². The highest BCUT2D eigenvalue weighted by atomic mass is 16.6. The Morgan fingerprint density at radius 3 is 1.23 bits per heavy atom. The number of unbranched alkanes of at least 4 members (excludes halogenated alkanes) is 6. The molecule has 344 valence electrons. The summed E-state index contributed by atoms with van der Waals surface area (Å²) in [5, 5.41) is 0. The molecular weight excluding hydrogens is 837 g/mol. The molecule has 4 rings (SSSR count). The van der Waals surface area contributed by atoms with Crippen LogP contribution in [0.25, 0.3) is 0 Å². The van der Waals surface area contributed by atoms with E-state index in [1.807, 2.05) is 0 Å². The van der Waals surface area contributed by atoms with E-state index in [0.717, 1.165) is 44.3 Å². The van der Waals surface area contributed by atoms with Crippen molar-refractivity contribution < 1.29 is 66.7 Å². The zero-order chi connectivity index (χ0) is 46.8. The maximum Gasteiger partial charge on any atom is 0.343 e. The van der Waals surface area contributed by atoms with Gasteiger partial charge in [-0.05, 0) is 148 Å². The van der Waals surface area contributed by atoms with E-state index in [0.29, 0.717) is 95.6 Å². The number of carbonyl (C=O) groups excluding carboxylic acids is 6. The summed E-state index contributed by atoms with van der Waals surface area (Å²) in [6, 6.07) is 23.0. The van der Waals surface area contributed by atoms with Gasteiger partial charge in [-0.3, -0.25) is 9.59 Å². The molecule has 0 radical (unpaired) electrons. The molecule has 0 heterocycles. The average molecular weight is 893 g/mol. The van der Waals surface area contributed by atoms with Crippen molar-refractivity contribution in [3.8, 4) is 34.5 Å². The highest BCUT2D eigenvalue weighted by Crippen LogP contribution is 2.27. The number of ether oxygens (including phenoxy) is 8. The number of hydrogen-bond acceptors (Lipinski definition) is 14. The fourth-order valence-electron chi connectivity index (χ4n) is 6.00. The van der Waals surface area contributed by atoms with Crippen molar-refractivity contribution in [3.05, 3.63) is 132 Å². The number of esters is 6. The second-order valence-corrected chi connectivity index (χ2v) is 14.8. The van der Waals surface area contributed by atoms with Crippen LogP contribution in [0.2, 0.25) is 0 Å². The first-order chi connectivity index (χ1) is 31.4. The summed E-state index contributed by atoms with van der Waals surface area (Å²) in [6.07, 6.45) is 9.44. The second kappa shape index (κ2) is 27.8. The Bertz CT molecular complexity index is 2230. The Hall–Kier alpha value is -7.22. The summed E-state index contributed by atoms with van der Waals surface area (Å²) in [5.41, 5.74) is 1.96. The lowest BCUT2D eigenvalue weighted by Crippen LogP contribution is -2.11. The standard InChI is InChI=1S/C51H56O14/c1-5-46(52)60-32-14-10-11-16-48(54)62-42-26-28-44(36(3)34-42)64-50(56)38-18-22-40(23-19-38)58-30-12-8-7-9-13-31-59-41-24-20-39(21-25-41)51(57)65-45-29-27-43(35-37(45)4)63-49(55)17-15-33-61-47(53)6-2/h5-6,18-29,34-35H,1-2,7-17,30-33H2,3-4H3. The number of rotatable bonds is 28. The minimum atomic E-state index is -0.551. The van der Waals surface area contributed by atoms with Crippen LogP contribution in [0.1, 0.15) is 102 Å². The molecule has 4 aromatic rings. The van der Waals surface area contributed by atoms with Gasteiger partial charge in [0.1, 0.15) is 34.5 Å². The van der Waals surface area contributed by atoms with Crippen molar-refractivity contribution in [1.29, 1.82) is 0 Å². The molecule has 0 saturated carbocycles. The van der Waals surface area contributed by atoms with E-state index in [-0.39, 0.29) is 32.0 Å². The van der Waals surface area contributed by atoms with Gasteiger partial charge in [-0.2, -0.15) is 0 Å². The molecule has 4 aromatic carbocycles. The van der Waals surface area contributed by atoms with Gasteiger partial charge >= 0.3 is 35.8 Å². The molecule has 0 aromatic heterocycles. The van der Waals surface area contributed by atoms with E-state index in [2.05, 4.69) is 13.2 Å². The van der Waals surface area contributed by atoms with Crippen LogP contribution >= 0.6 is 0 Å². The molecule has 0 saturated heterocycles. The monoisotopic (exact) mass is 892 g/mol. The Labute approximate surface area is 379 Å². The van der Waals surface area contributed by atoms with Gasteiger partial charge in [0.05, 0.1) is 37.6 Å². The molecule has 0 fully saturated rings. The largest absolute Gasteiger partial charge is 0.494 e. The highest BCUT2D eigenvalue weighted by Gasteiger charge is 2.15. The predicted molar refractivity (Wildman–Crippen MR) is 241 cm³/mol. The Kier molecular flexibility index (Phi) is 21.5. The van der Waals surface area contributed by atoms with E-state index in [1.54, 1.807) is 92.7 Å². The van der Waals surface area contributed by atoms with Crippen molar-refractivity contribution in [2.24, 2.45) is 0 Å². The third kappa shape index (κ3) is 19.0. The third-order valence-electron chi connectivity index (χ3n) is 9.54. The zero-order valence-corrected chi connectivity index (χ0v) is 37.0. The van der Waals surface area contributed by atoms with Crippen LogP contribution in [-0.4, -0.2) is 62.2 Å². The van der Waals surface area contributed by atoms with Crippen molar-refractivity contribution in [1.82, 2.24) is 0 Å². The van der Waals surface area contributed by atoms with Crippen molar-refractivity contribution in [2.45, 2.75) is 84.5 Å². The van der Waals surface area contributed by atoms with Crippen LogP contribution in [-0.2, 0) is 28.7 Å². The summed E-state index contributed by atoms with van der Waals surface area (Å²) in [7, 11) is 0. The topological polar surface area (TPSA) is 176 Å². The fourth-order valence-corrected chi connectivity index (χ4v) is 6.00. The molecule has 0 amide bonds. The minimum Gasteiger partial charge on any atom is -0.494 e. The van der Waals surface area contributed by atoms with Crippen molar-refractivity contribution >= 4 is 35.8 Å². The molecule has 0 aliphatic carbocycles. The summed E-state index contributed by atoms with van der Waals surface area (Å²) in [5.74, 6) is -0.297. The molecule has 0 N–H and O–H groups in total. The van der Waals surface area contributed by atoms with E-state index in [9.17, 15) is 28.8 Å². The second-order valence-electron chi connectivity index (χ2n) is 14.8. The first-order valence-corrected chi connectivity index (χ1v) is 21.5. The lowest BCUT2D eigenvalue weighted by molar-refractivity contribution is -0.140. The minimum absolute atomic E-state index is 0.0646. The Morgan fingerprint density at radius 1 is 0.431 bits per heavy atom. The summed E-state index contributed by atoms with van der Waals surface area (Å²) in [6.45, 7) is 11.6. The molecule has 0 bridgehead atoms. The molecule has 0 unspecified atom stereocenters. The van der Waals surface area contributed by atoms with Gasteiger partial charge in [0.15, 0.2) is 0 Å². The Morgan fingerprint density at radius 2 is 0.800 bits per heavy atom. The maximum atomic E-state index is 12.8. The number of carbonyl (C=O) groups is 6. The third-order valence-corrected chi connectivity index (χ3v) is 9.54. The molecule has 0 aliphatic rings. The lowest BCUT2D eigenvalue weighted by Gasteiger charge is -2.11. The van der Waals surface area contributed by atoms with Gasteiger partial charge < -0.3 is 37.9 Å². The van der Waals surface area contributed by atoms with Gasteiger partial charge in [0.2, 0.25) is 0 Å². The van der Waals surface area contributed by atoms with E-state index in [4.69, 9.17) is 37.9 Å². The van der Waals surface area contributed by atoms with Gasteiger partial charge in [-0.1, -0.05) is 32.4 Å². The molecule has 0 atom stereocenters. The first-order valence-electron chi connectivity index (χ1n) is 21.5. The molecular formula is C51H56O14. The first kappa shape index (κ1) is 50.4. The quantitative estimate of drug-likeness (QED) is 0.0228. The van der Waals surface area contributed by atoms with Gasteiger partial charge in [-0.25, -0.2) is 19.2 Å². The van der Waals surface area contributed by atoms with Crippen LogP contribution in [0.5, 0.6) is 34.5 Å².